The largest absolute Gasteiger partial charge is 0.461 e. The van der Waals surface area contributed by atoms with Crippen molar-refractivity contribution in [3.63, 3.8) is 0 Å². The van der Waals surface area contributed by atoms with Crippen molar-refractivity contribution in [2.45, 2.75) is 65.7 Å². The molecule has 0 amide bonds. The summed E-state index contributed by atoms with van der Waals surface area (Å²) in [5.41, 5.74) is 6.31. The fourth-order valence-corrected chi connectivity index (χ4v) is 2.36. The lowest BCUT2D eigenvalue weighted by Crippen LogP contribution is -2.46. The van der Waals surface area contributed by atoms with Crippen molar-refractivity contribution in [1.29, 1.82) is 0 Å². The maximum atomic E-state index is 12.6. The number of ether oxygens (including phenoxy) is 2. The number of carbonyl (C=O) groups is 2. The summed E-state index contributed by atoms with van der Waals surface area (Å²) in [6.45, 7) is 9.55. The molecule has 1 unspecified atom stereocenters. The maximum Gasteiger partial charge on any atom is 0.324 e. The highest BCUT2D eigenvalue weighted by Crippen LogP contribution is 2.22. The van der Waals surface area contributed by atoms with Crippen molar-refractivity contribution in [2.75, 3.05) is 0 Å². The molecular weight excluding hydrogens is 318 g/mol. The normalized spacial score (nSPS) is 15.1. The molecule has 0 radical (unpaired) electrons. The van der Waals surface area contributed by atoms with Gasteiger partial charge in [0.05, 0.1) is 5.92 Å². The highest BCUT2D eigenvalue weighted by Gasteiger charge is 2.35. The second-order valence-corrected chi connectivity index (χ2v) is 7.51. The van der Waals surface area contributed by atoms with Crippen molar-refractivity contribution in [3.05, 3.63) is 35.9 Å². The molecule has 0 aliphatic carbocycles. The Morgan fingerprint density at radius 3 is 2.24 bits per heavy atom. The quantitative estimate of drug-likeness (QED) is 0.727. The van der Waals surface area contributed by atoms with E-state index in [1.54, 1.807) is 20.8 Å². The Hall–Kier alpha value is -1.88. The van der Waals surface area contributed by atoms with Gasteiger partial charge in [-0.15, -0.1) is 0 Å². The Morgan fingerprint density at radius 1 is 1.12 bits per heavy atom. The number of hydrogen-bond donors (Lipinski definition) is 1. The van der Waals surface area contributed by atoms with Crippen molar-refractivity contribution in [1.82, 2.24) is 0 Å². The van der Waals surface area contributed by atoms with E-state index in [0.29, 0.717) is 6.42 Å². The van der Waals surface area contributed by atoms with Crippen LogP contribution < -0.4 is 5.73 Å². The van der Waals surface area contributed by atoms with Crippen molar-refractivity contribution in [2.24, 2.45) is 17.6 Å². The van der Waals surface area contributed by atoms with Crippen LogP contribution in [0.4, 0.5) is 0 Å². The summed E-state index contributed by atoms with van der Waals surface area (Å²) in [6.07, 6.45) is 1.38. The number of rotatable bonds is 8. The molecule has 5 heteroatoms. The average molecular weight is 349 g/mol. The minimum absolute atomic E-state index is 0.164. The molecule has 0 heterocycles. The van der Waals surface area contributed by atoms with Gasteiger partial charge in [-0.3, -0.25) is 9.59 Å². The first-order valence-electron chi connectivity index (χ1n) is 8.83. The van der Waals surface area contributed by atoms with E-state index in [2.05, 4.69) is 0 Å². The molecule has 2 N–H and O–H groups in total. The van der Waals surface area contributed by atoms with Gasteiger partial charge in [-0.25, -0.2) is 0 Å². The van der Waals surface area contributed by atoms with Crippen molar-refractivity contribution >= 4 is 11.9 Å². The molecule has 0 saturated carbocycles. The van der Waals surface area contributed by atoms with E-state index in [0.717, 1.165) is 12.0 Å². The van der Waals surface area contributed by atoms with Crippen LogP contribution in [0.2, 0.25) is 0 Å². The Bertz CT molecular complexity index is 551. The summed E-state index contributed by atoms with van der Waals surface area (Å²) in [5.74, 6) is -1.49. The van der Waals surface area contributed by atoms with Gasteiger partial charge in [-0.05, 0) is 38.7 Å². The zero-order valence-corrected chi connectivity index (χ0v) is 16.0. The van der Waals surface area contributed by atoms with Crippen LogP contribution in [0.5, 0.6) is 0 Å². The second kappa shape index (κ2) is 9.56. The van der Waals surface area contributed by atoms with E-state index in [-0.39, 0.29) is 12.5 Å². The minimum atomic E-state index is -1.03. The number of hydrogen-bond acceptors (Lipinski definition) is 5. The molecule has 0 spiro atoms. The Labute approximate surface area is 150 Å². The zero-order chi connectivity index (χ0) is 19.0. The highest BCUT2D eigenvalue weighted by atomic mass is 16.6. The van der Waals surface area contributed by atoms with Gasteiger partial charge in [0.1, 0.15) is 18.2 Å². The fourth-order valence-electron chi connectivity index (χ4n) is 2.36. The molecule has 0 fully saturated rings. The lowest BCUT2D eigenvalue weighted by Gasteiger charge is -2.27. The monoisotopic (exact) mass is 349 g/mol. The van der Waals surface area contributed by atoms with Crippen LogP contribution in [-0.4, -0.2) is 23.6 Å². The molecule has 0 aliphatic heterocycles. The highest BCUT2D eigenvalue weighted by molar-refractivity contribution is 5.84. The van der Waals surface area contributed by atoms with E-state index in [1.165, 1.54) is 0 Å². The van der Waals surface area contributed by atoms with Gasteiger partial charge in [0, 0.05) is 0 Å². The van der Waals surface area contributed by atoms with Crippen LogP contribution in [0.15, 0.2) is 30.3 Å². The van der Waals surface area contributed by atoms with Crippen LogP contribution >= 0.6 is 0 Å². The summed E-state index contributed by atoms with van der Waals surface area (Å²) in [7, 11) is 0. The first-order valence-corrected chi connectivity index (χ1v) is 8.83. The van der Waals surface area contributed by atoms with Gasteiger partial charge in [-0.2, -0.15) is 0 Å². The third kappa shape index (κ3) is 7.69. The van der Waals surface area contributed by atoms with E-state index >= 15 is 0 Å². The number of esters is 2. The van der Waals surface area contributed by atoms with E-state index in [9.17, 15) is 9.59 Å². The smallest absolute Gasteiger partial charge is 0.324 e. The lowest BCUT2D eigenvalue weighted by molar-refractivity contribution is -0.164. The second-order valence-electron chi connectivity index (χ2n) is 7.51. The molecule has 0 aromatic heterocycles. The molecule has 0 bridgehead atoms. The van der Waals surface area contributed by atoms with Crippen molar-refractivity contribution < 1.29 is 19.1 Å². The lowest BCUT2D eigenvalue weighted by atomic mass is 9.88. The Balaban J connectivity index is 2.80. The fraction of sp³-hybridized carbons (Fsp3) is 0.600. The van der Waals surface area contributed by atoms with Gasteiger partial charge < -0.3 is 15.2 Å². The van der Waals surface area contributed by atoms with Gasteiger partial charge >= 0.3 is 11.9 Å². The first-order chi connectivity index (χ1) is 11.6. The number of benzene rings is 1. The topological polar surface area (TPSA) is 78.6 Å². The van der Waals surface area contributed by atoms with Crippen LogP contribution in [0.25, 0.3) is 0 Å². The minimum Gasteiger partial charge on any atom is -0.461 e. The molecular formula is C20H31NO4. The average Bonchev–Trinajstić information content (AvgIpc) is 2.56. The summed E-state index contributed by atoms with van der Waals surface area (Å²) in [6, 6.07) is 8.39. The number of carbonyl (C=O) groups excluding carboxylic acids is 2. The zero-order valence-electron chi connectivity index (χ0n) is 16.0. The summed E-state index contributed by atoms with van der Waals surface area (Å²) in [5, 5.41) is 0. The molecule has 0 aliphatic rings. The Morgan fingerprint density at radius 2 is 1.72 bits per heavy atom. The Kier molecular flexibility index (Phi) is 8.10. The van der Waals surface area contributed by atoms with Crippen LogP contribution in [0.3, 0.4) is 0 Å². The van der Waals surface area contributed by atoms with Gasteiger partial charge in [0.2, 0.25) is 0 Å². The van der Waals surface area contributed by atoms with Gasteiger partial charge in [0.25, 0.3) is 0 Å². The summed E-state index contributed by atoms with van der Waals surface area (Å²) < 4.78 is 10.7. The molecule has 3 atom stereocenters. The van der Waals surface area contributed by atoms with Crippen LogP contribution in [0.1, 0.15) is 53.0 Å². The van der Waals surface area contributed by atoms with Crippen molar-refractivity contribution in [3.8, 4) is 0 Å². The van der Waals surface area contributed by atoms with E-state index < -0.39 is 29.5 Å². The van der Waals surface area contributed by atoms with Crippen LogP contribution in [-0.2, 0) is 25.7 Å². The molecule has 1 aromatic carbocycles. The van der Waals surface area contributed by atoms with Gasteiger partial charge in [-0.1, -0.05) is 50.6 Å². The van der Waals surface area contributed by atoms with Crippen LogP contribution in [0, 0.1) is 11.8 Å². The molecule has 5 nitrogen and oxygen atoms in total. The van der Waals surface area contributed by atoms with Gasteiger partial charge in [0.15, 0.2) is 0 Å². The van der Waals surface area contributed by atoms with E-state index in [4.69, 9.17) is 15.2 Å². The molecule has 25 heavy (non-hydrogen) atoms. The number of nitrogens with two attached hydrogens (primary N) is 1. The predicted octanol–water partition coefficient (Wildman–Crippen LogP) is 3.45. The predicted molar refractivity (Wildman–Crippen MR) is 97.6 cm³/mol. The first kappa shape index (κ1) is 21.2. The SMILES string of the molecule is CC[C@@H](C)C[C@H](C(=O)OCc1ccccc1)C(N)C(=O)OC(C)(C)C. The third-order valence-corrected chi connectivity index (χ3v) is 3.99. The molecule has 1 aromatic rings. The maximum absolute atomic E-state index is 12.6. The third-order valence-electron chi connectivity index (χ3n) is 3.99. The summed E-state index contributed by atoms with van der Waals surface area (Å²) >= 11 is 0. The molecule has 140 valence electrons. The molecule has 1 rings (SSSR count). The summed E-state index contributed by atoms with van der Waals surface area (Å²) in [4.78, 5) is 24.9. The molecule has 0 saturated heterocycles. The van der Waals surface area contributed by atoms with E-state index in [1.807, 2.05) is 44.2 Å². The standard InChI is InChI=1S/C20H31NO4/c1-6-14(2)12-16(17(21)19(23)25-20(3,4)5)18(22)24-13-15-10-8-7-9-11-15/h7-11,14,16-17H,6,12-13,21H2,1-5H3/t14-,16+,17?/m1/s1.